The van der Waals surface area contributed by atoms with Crippen molar-refractivity contribution in [3.05, 3.63) is 47.3 Å². The first-order valence-electron chi connectivity index (χ1n) is 11.2. The van der Waals surface area contributed by atoms with Crippen LogP contribution in [0, 0.1) is 12.8 Å². The first kappa shape index (κ1) is 24.7. The molecule has 1 unspecified atom stereocenters. The van der Waals surface area contributed by atoms with Gasteiger partial charge in [0, 0.05) is 19.0 Å². The monoisotopic (exact) mass is 500 g/mol. The number of β-amino-alcohol motifs (C(OH)–C–C–N with tert-alkyl or cyclic N) is 1. The molecule has 2 amide bonds. The molecule has 0 aliphatic carbocycles. The minimum atomic E-state index is -0.886. The molecule has 1 aliphatic rings. The number of aryl methyl sites for hydroxylation is 1. The third-order valence-electron chi connectivity index (χ3n) is 5.95. The Labute approximate surface area is 206 Å². The predicted octanol–water partition coefficient (Wildman–Crippen LogP) is 2.93. The SMILES string of the molecule is COc1cc(C(C(=O)N2C[C@H](O)C[C@H]2C(=O)NOc2ccc(-c3scnc3C)cc2)C(C)C)on1. The first-order chi connectivity index (χ1) is 16.8. The van der Waals surface area contributed by atoms with E-state index in [4.69, 9.17) is 14.1 Å². The van der Waals surface area contributed by atoms with Crippen molar-refractivity contribution in [1.29, 1.82) is 0 Å². The number of likely N-dealkylation sites (tertiary alicyclic amines) is 1. The maximum absolute atomic E-state index is 13.5. The molecule has 0 saturated carbocycles. The number of hydrogen-bond acceptors (Lipinski definition) is 9. The number of aromatic nitrogens is 2. The Morgan fingerprint density at radius 1 is 1.29 bits per heavy atom. The number of nitrogens with zero attached hydrogens (tertiary/aromatic N) is 3. The average molecular weight is 501 g/mol. The lowest BCUT2D eigenvalue weighted by atomic mass is 9.91. The minimum absolute atomic E-state index is 0.0360. The van der Waals surface area contributed by atoms with Crippen LogP contribution in [0.15, 0.2) is 40.4 Å². The summed E-state index contributed by atoms with van der Waals surface area (Å²) < 4.78 is 10.4. The summed E-state index contributed by atoms with van der Waals surface area (Å²) in [5.74, 6) is -0.632. The maximum atomic E-state index is 13.5. The molecular formula is C24H28N4O6S. The lowest BCUT2D eigenvalue weighted by molar-refractivity contribution is -0.143. The highest BCUT2D eigenvalue weighted by Gasteiger charge is 2.43. The van der Waals surface area contributed by atoms with Crippen LogP contribution in [0.4, 0.5) is 0 Å². The van der Waals surface area contributed by atoms with Gasteiger partial charge in [-0.25, -0.2) is 4.98 Å². The summed E-state index contributed by atoms with van der Waals surface area (Å²) in [6, 6.07) is 7.93. The Bertz CT molecular complexity index is 1170. The largest absolute Gasteiger partial charge is 0.479 e. The number of methoxy groups -OCH3 is 1. The summed E-state index contributed by atoms with van der Waals surface area (Å²) in [4.78, 5) is 38.6. The molecule has 1 aromatic carbocycles. The minimum Gasteiger partial charge on any atom is -0.479 e. The van der Waals surface area contributed by atoms with E-state index < -0.39 is 24.0 Å². The van der Waals surface area contributed by atoms with Crippen molar-refractivity contribution in [2.24, 2.45) is 5.92 Å². The van der Waals surface area contributed by atoms with Crippen molar-refractivity contribution in [2.45, 2.75) is 45.3 Å². The number of hydroxylamine groups is 1. The predicted molar refractivity (Wildman–Crippen MR) is 128 cm³/mol. The second kappa shape index (κ2) is 10.4. The lowest BCUT2D eigenvalue weighted by Gasteiger charge is -2.28. The number of hydrogen-bond donors (Lipinski definition) is 2. The third kappa shape index (κ3) is 5.30. The molecule has 1 fully saturated rings. The summed E-state index contributed by atoms with van der Waals surface area (Å²) in [5, 5.41) is 14.0. The highest BCUT2D eigenvalue weighted by Crippen LogP contribution is 2.32. The standard InChI is InChI=1S/C24H28N4O6S/c1-13(2)21(19-10-20(32-4)26-34-19)24(31)28-11-16(29)9-18(28)23(30)27-33-17-7-5-15(6-8-17)22-14(3)25-12-35-22/h5-8,10,12-13,16,18,21,29H,9,11H2,1-4H3,(H,27,30)/t16-,18+,21?/m1/s1. The van der Waals surface area contributed by atoms with Crippen LogP contribution >= 0.6 is 11.3 Å². The number of benzene rings is 1. The van der Waals surface area contributed by atoms with Crippen molar-refractivity contribution in [3.8, 4) is 22.1 Å². The molecule has 10 nitrogen and oxygen atoms in total. The van der Waals surface area contributed by atoms with E-state index in [0.29, 0.717) is 11.5 Å². The van der Waals surface area contributed by atoms with Gasteiger partial charge < -0.3 is 24.1 Å². The average Bonchev–Trinajstić information content (AvgIpc) is 3.57. The number of amides is 2. The number of carbonyl (C=O) groups excluding carboxylic acids is 2. The van der Waals surface area contributed by atoms with Crippen LogP contribution in [0.3, 0.4) is 0 Å². The second-order valence-corrected chi connectivity index (χ2v) is 9.60. The van der Waals surface area contributed by atoms with Crippen LogP contribution in [0.25, 0.3) is 10.4 Å². The maximum Gasteiger partial charge on any atom is 0.275 e. The fourth-order valence-electron chi connectivity index (χ4n) is 4.17. The number of thiazole rings is 1. The molecule has 0 spiro atoms. The molecular weight excluding hydrogens is 472 g/mol. The normalized spacial score (nSPS) is 18.5. The molecule has 11 heteroatoms. The molecule has 186 valence electrons. The molecule has 35 heavy (non-hydrogen) atoms. The van der Waals surface area contributed by atoms with E-state index in [1.54, 1.807) is 35.0 Å². The Balaban J connectivity index is 1.43. The summed E-state index contributed by atoms with van der Waals surface area (Å²) >= 11 is 1.55. The van der Waals surface area contributed by atoms with Gasteiger partial charge in [-0.1, -0.05) is 13.8 Å². The molecule has 2 N–H and O–H groups in total. The van der Waals surface area contributed by atoms with Gasteiger partial charge >= 0.3 is 0 Å². The van der Waals surface area contributed by atoms with E-state index in [-0.39, 0.29) is 30.7 Å². The lowest BCUT2D eigenvalue weighted by Crippen LogP contribution is -2.48. The van der Waals surface area contributed by atoms with Gasteiger partial charge in [-0.3, -0.25) is 9.59 Å². The molecule has 0 radical (unpaired) electrons. The summed E-state index contributed by atoms with van der Waals surface area (Å²) in [6.07, 6.45) is -0.719. The van der Waals surface area contributed by atoms with Crippen LogP contribution in [-0.4, -0.2) is 57.8 Å². The smallest absolute Gasteiger partial charge is 0.275 e. The van der Waals surface area contributed by atoms with E-state index in [2.05, 4.69) is 15.6 Å². The highest BCUT2D eigenvalue weighted by atomic mass is 32.1. The number of aliphatic hydroxyl groups is 1. The summed E-state index contributed by atoms with van der Waals surface area (Å²) in [6.45, 7) is 5.73. The fourth-order valence-corrected chi connectivity index (χ4v) is 4.98. The van der Waals surface area contributed by atoms with Crippen LogP contribution in [0.2, 0.25) is 0 Å². The topological polar surface area (TPSA) is 127 Å². The molecule has 4 rings (SSSR count). The van der Waals surface area contributed by atoms with Crippen LogP contribution in [-0.2, 0) is 9.59 Å². The van der Waals surface area contributed by atoms with Crippen molar-refractivity contribution in [1.82, 2.24) is 20.5 Å². The van der Waals surface area contributed by atoms with Gasteiger partial charge in [0.25, 0.3) is 11.8 Å². The zero-order chi connectivity index (χ0) is 25.1. The van der Waals surface area contributed by atoms with Gasteiger partial charge in [0.15, 0.2) is 11.5 Å². The molecule has 2 aromatic heterocycles. The second-order valence-electron chi connectivity index (χ2n) is 8.75. The Hall–Kier alpha value is -3.44. The quantitative estimate of drug-likeness (QED) is 0.452. The van der Waals surface area contributed by atoms with E-state index in [0.717, 1.165) is 16.1 Å². The van der Waals surface area contributed by atoms with Crippen molar-refractivity contribution < 1.29 is 28.8 Å². The van der Waals surface area contributed by atoms with Gasteiger partial charge in [-0.15, -0.1) is 11.3 Å². The Morgan fingerprint density at radius 2 is 2.03 bits per heavy atom. The zero-order valence-electron chi connectivity index (χ0n) is 19.9. The van der Waals surface area contributed by atoms with Crippen molar-refractivity contribution >= 4 is 23.2 Å². The molecule has 0 bridgehead atoms. The number of ether oxygens (including phenoxy) is 1. The number of aliphatic hydroxyl groups excluding tert-OH is 1. The van der Waals surface area contributed by atoms with Crippen LogP contribution < -0.4 is 15.1 Å². The van der Waals surface area contributed by atoms with E-state index in [9.17, 15) is 14.7 Å². The third-order valence-corrected chi connectivity index (χ3v) is 6.93. The van der Waals surface area contributed by atoms with E-state index in [1.165, 1.54) is 12.0 Å². The first-order valence-corrected chi connectivity index (χ1v) is 12.1. The fraction of sp³-hybridized carbons (Fsp3) is 0.417. The number of carbonyl (C=O) groups is 2. The summed E-state index contributed by atoms with van der Waals surface area (Å²) in [7, 11) is 1.46. The van der Waals surface area contributed by atoms with Gasteiger partial charge in [0.1, 0.15) is 12.0 Å². The van der Waals surface area contributed by atoms with Gasteiger partial charge in [0.2, 0.25) is 5.91 Å². The Morgan fingerprint density at radius 3 is 2.63 bits per heavy atom. The van der Waals surface area contributed by atoms with Crippen LogP contribution in [0.5, 0.6) is 11.6 Å². The van der Waals surface area contributed by atoms with Crippen molar-refractivity contribution in [3.63, 3.8) is 0 Å². The van der Waals surface area contributed by atoms with Gasteiger partial charge in [-0.05, 0) is 47.8 Å². The van der Waals surface area contributed by atoms with Crippen molar-refractivity contribution in [2.75, 3.05) is 13.7 Å². The highest BCUT2D eigenvalue weighted by molar-refractivity contribution is 7.13. The summed E-state index contributed by atoms with van der Waals surface area (Å²) in [5.41, 5.74) is 6.17. The van der Waals surface area contributed by atoms with Gasteiger partial charge in [-0.2, -0.15) is 5.48 Å². The van der Waals surface area contributed by atoms with Crippen LogP contribution in [0.1, 0.15) is 37.6 Å². The molecule has 1 saturated heterocycles. The molecule has 3 heterocycles. The zero-order valence-corrected chi connectivity index (χ0v) is 20.7. The molecule has 3 atom stereocenters. The van der Waals surface area contributed by atoms with E-state index >= 15 is 0 Å². The Kier molecular flexibility index (Phi) is 7.37. The number of rotatable bonds is 8. The number of nitrogens with one attached hydrogen (secondary N) is 1. The molecule has 3 aromatic rings. The molecule has 1 aliphatic heterocycles. The van der Waals surface area contributed by atoms with Gasteiger partial charge in [0.05, 0.1) is 29.3 Å². The van der Waals surface area contributed by atoms with E-state index in [1.807, 2.05) is 32.9 Å².